The van der Waals surface area contributed by atoms with Gasteiger partial charge in [-0.15, -0.1) is 45.3 Å². The summed E-state index contributed by atoms with van der Waals surface area (Å²) in [5.74, 6) is -0.192. The van der Waals surface area contributed by atoms with Crippen LogP contribution in [0.25, 0.3) is 25.6 Å². The van der Waals surface area contributed by atoms with E-state index < -0.39 is 0 Å². The normalized spacial score (nSPS) is 11.2. The molecule has 0 aliphatic carbocycles. The molecule has 0 fully saturated rings. The molecule has 7 heteroatoms. The minimum Gasteiger partial charge on any atom is -0.298 e. The van der Waals surface area contributed by atoms with E-state index in [1.807, 2.05) is 12.1 Å². The minimum absolute atomic E-state index is 0.192. The highest BCUT2D eigenvalue weighted by atomic mass is 32.1. The maximum absolute atomic E-state index is 12.7. The standard InChI is InChI=1S/C32H21NO2S4/c34-21-23-5-1-2-6-25(23)26(35)14-11-22-9-12-24(13-10-22)33(31-17-15-29(38-31)27-7-3-19-36-27)32-18-16-30(39-32)28-8-4-20-37-28/h1-21H/b14-11-. The van der Waals surface area contributed by atoms with Crippen LogP contribution in [0, 0.1) is 0 Å². The van der Waals surface area contributed by atoms with Crippen molar-refractivity contribution in [2.75, 3.05) is 4.90 Å². The Bertz CT molecular complexity index is 1670. The van der Waals surface area contributed by atoms with Crippen LogP contribution in [0.4, 0.5) is 15.7 Å². The molecule has 2 aromatic carbocycles. The number of carbonyl (C=O) groups excluding carboxylic acids is 2. The van der Waals surface area contributed by atoms with Crippen molar-refractivity contribution in [2.24, 2.45) is 0 Å². The lowest BCUT2D eigenvalue weighted by Crippen LogP contribution is -2.06. The van der Waals surface area contributed by atoms with E-state index in [1.165, 1.54) is 25.6 Å². The average Bonchev–Trinajstić information content (AvgIpc) is 3.80. The van der Waals surface area contributed by atoms with Crippen LogP contribution >= 0.6 is 45.3 Å². The number of anilines is 3. The van der Waals surface area contributed by atoms with Crippen LogP contribution in [0.3, 0.4) is 0 Å². The van der Waals surface area contributed by atoms with Crippen molar-refractivity contribution in [2.45, 2.75) is 0 Å². The molecule has 6 aromatic rings. The van der Waals surface area contributed by atoms with Crippen LogP contribution in [0.2, 0.25) is 0 Å². The van der Waals surface area contributed by atoms with Crippen molar-refractivity contribution < 1.29 is 9.59 Å². The van der Waals surface area contributed by atoms with Gasteiger partial charge in [0, 0.05) is 36.3 Å². The van der Waals surface area contributed by atoms with Crippen molar-refractivity contribution in [3.63, 3.8) is 0 Å². The van der Waals surface area contributed by atoms with Crippen molar-refractivity contribution >= 4 is 79.2 Å². The molecule has 0 N–H and O–H groups in total. The number of benzene rings is 2. The number of carbonyl (C=O) groups is 2. The largest absolute Gasteiger partial charge is 0.298 e. The van der Waals surface area contributed by atoms with Crippen molar-refractivity contribution in [3.8, 4) is 19.5 Å². The van der Waals surface area contributed by atoms with E-state index in [0.717, 1.165) is 21.3 Å². The van der Waals surface area contributed by atoms with Crippen LogP contribution in [0.15, 0.2) is 114 Å². The quantitative estimate of drug-likeness (QED) is 0.0971. The molecule has 0 amide bonds. The third kappa shape index (κ3) is 5.48. The van der Waals surface area contributed by atoms with Gasteiger partial charge in [0.2, 0.25) is 0 Å². The molecule has 0 saturated carbocycles. The van der Waals surface area contributed by atoms with Crippen molar-refractivity contribution in [1.82, 2.24) is 0 Å². The molecule has 0 unspecified atom stereocenters. The van der Waals surface area contributed by atoms with E-state index in [9.17, 15) is 9.59 Å². The molecule has 0 radical (unpaired) electrons. The minimum atomic E-state index is -0.192. The predicted octanol–water partition coefficient (Wildman–Crippen LogP) is 10.4. The van der Waals surface area contributed by atoms with E-state index in [2.05, 4.69) is 76.3 Å². The van der Waals surface area contributed by atoms with Crippen LogP contribution in [0.1, 0.15) is 26.3 Å². The highest BCUT2D eigenvalue weighted by molar-refractivity contribution is 7.25. The smallest absolute Gasteiger partial charge is 0.186 e. The summed E-state index contributed by atoms with van der Waals surface area (Å²) in [5.41, 5.74) is 2.76. The first-order chi connectivity index (χ1) is 19.2. The van der Waals surface area contributed by atoms with E-state index >= 15 is 0 Å². The van der Waals surface area contributed by atoms with E-state index in [4.69, 9.17) is 0 Å². The van der Waals surface area contributed by atoms with Gasteiger partial charge < -0.3 is 0 Å². The summed E-state index contributed by atoms with van der Waals surface area (Å²) in [4.78, 5) is 31.3. The molecular formula is C32H21NO2S4. The lowest BCUT2D eigenvalue weighted by Gasteiger charge is -2.21. The van der Waals surface area contributed by atoms with Crippen molar-refractivity contribution in [3.05, 3.63) is 131 Å². The topological polar surface area (TPSA) is 37.4 Å². The van der Waals surface area contributed by atoms with Crippen LogP contribution in [-0.4, -0.2) is 12.1 Å². The Morgan fingerprint density at radius 2 is 1.26 bits per heavy atom. The van der Waals surface area contributed by atoms with Gasteiger partial charge in [0.15, 0.2) is 12.1 Å². The number of hydrogen-bond donors (Lipinski definition) is 0. The Morgan fingerprint density at radius 1 is 0.641 bits per heavy atom. The Hall–Kier alpha value is -3.88. The molecule has 0 atom stereocenters. The van der Waals surface area contributed by atoms with Crippen LogP contribution in [-0.2, 0) is 0 Å². The fourth-order valence-electron chi connectivity index (χ4n) is 4.18. The van der Waals surface area contributed by atoms with Gasteiger partial charge in [-0.1, -0.05) is 54.6 Å². The maximum Gasteiger partial charge on any atom is 0.186 e. The number of aldehydes is 1. The van der Waals surface area contributed by atoms with E-state index in [1.54, 1.807) is 75.7 Å². The molecule has 4 heterocycles. The zero-order valence-corrected chi connectivity index (χ0v) is 23.8. The first-order valence-electron chi connectivity index (χ1n) is 12.1. The maximum atomic E-state index is 12.7. The second kappa shape index (κ2) is 11.5. The Morgan fingerprint density at radius 3 is 1.82 bits per heavy atom. The Balaban J connectivity index is 1.31. The lowest BCUT2D eigenvalue weighted by atomic mass is 10.0. The third-order valence-corrected chi connectivity index (χ3v) is 10.4. The number of thiophene rings is 4. The van der Waals surface area contributed by atoms with Crippen molar-refractivity contribution in [1.29, 1.82) is 0 Å². The molecule has 0 bridgehead atoms. The van der Waals surface area contributed by atoms with Gasteiger partial charge in [-0.2, -0.15) is 0 Å². The fraction of sp³-hybridized carbons (Fsp3) is 0. The van der Waals surface area contributed by atoms with Gasteiger partial charge in [-0.05, 0) is 70.9 Å². The summed E-state index contributed by atoms with van der Waals surface area (Å²) in [6, 6.07) is 32.2. The first kappa shape index (κ1) is 25.4. The summed E-state index contributed by atoms with van der Waals surface area (Å²) < 4.78 is 0. The molecule has 3 nitrogen and oxygen atoms in total. The highest BCUT2D eigenvalue weighted by Crippen LogP contribution is 2.46. The molecule has 0 aliphatic rings. The number of ketones is 1. The molecule has 0 saturated heterocycles. The van der Waals surface area contributed by atoms with Gasteiger partial charge in [-0.3, -0.25) is 14.5 Å². The SMILES string of the molecule is O=Cc1ccccc1C(=O)/C=C\c1ccc(N(c2ccc(-c3cccs3)s2)c2ccc(-c3cccs3)s2)cc1. The molecular weight excluding hydrogens is 559 g/mol. The first-order valence-corrected chi connectivity index (χ1v) is 15.5. The molecule has 39 heavy (non-hydrogen) atoms. The van der Waals surface area contributed by atoms with Gasteiger partial charge in [0.05, 0.1) is 0 Å². The molecule has 0 aliphatic heterocycles. The summed E-state index contributed by atoms with van der Waals surface area (Å²) in [7, 11) is 0. The fourth-order valence-corrected chi connectivity index (χ4v) is 7.99. The molecule has 6 rings (SSSR count). The molecule has 4 aromatic heterocycles. The Kier molecular flexibility index (Phi) is 7.47. The average molecular weight is 580 g/mol. The van der Waals surface area contributed by atoms with Gasteiger partial charge in [-0.25, -0.2) is 0 Å². The number of allylic oxidation sites excluding steroid dienone is 1. The van der Waals surface area contributed by atoms with Crippen LogP contribution in [0.5, 0.6) is 0 Å². The second-order valence-corrected chi connectivity index (χ2v) is 12.6. The predicted molar refractivity (Wildman–Crippen MR) is 169 cm³/mol. The number of nitrogens with zero attached hydrogens (tertiary/aromatic N) is 1. The van der Waals surface area contributed by atoms with E-state index in [-0.39, 0.29) is 5.78 Å². The summed E-state index contributed by atoms with van der Waals surface area (Å²) in [6.07, 6.45) is 4.03. The molecule has 190 valence electrons. The number of rotatable bonds is 9. The molecule has 0 spiro atoms. The summed E-state index contributed by atoms with van der Waals surface area (Å²) >= 11 is 7.04. The number of hydrogen-bond acceptors (Lipinski definition) is 7. The highest BCUT2D eigenvalue weighted by Gasteiger charge is 2.18. The van der Waals surface area contributed by atoms with Gasteiger partial charge in [0.25, 0.3) is 0 Å². The third-order valence-electron chi connectivity index (χ3n) is 6.08. The monoisotopic (exact) mass is 579 g/mol. The zero-order valence-electron chi connectivity index (χ0n) is 20.5. The summed E-state index contributed by atoms with van der Waals surface area (Å²) in [6.45, 7) is 0. The van der Waals surface area contributed by atoms with Gasteiger partial charge in [0.1, 0.15) is 10.0 Å². The van der Waals surface area contributed by atoms with E-state index in [0.29, 0.717) is 17.4 Å². The lowest BCUT2D eigenvalue weighted by molar-refractivity contribution is 0.103. The second-order valence-electron chi connectivity index (χ2n) is 8.56. The zero-order chi connectivity index (χ0) is 26.6. The summed E-state index contributed by atoms with van der Waals surface area (Å²) in [5, 5.41) is 6.49. The van der Waals surface area contributed by atoms with Crippen LogP contribution < -0.4 is 4.90 Å². The Labute approximate surface area is 242 Å². The van der Waals surface area contributed by atoms with Gasteiger partial charge >= 0.3 is 0 Å².